The highest BCUT2D eigenvalue weighted by molar-refractivity contribution is 5.77. The minimum absolute atomic E-state index is 0.0342. The third-order valence-corrected chi connectivity index (χ3v) is 11.8. The van der Waals surface area contributed by atoms with Gasteiger partial charge in [0.2, 0.25) is 5.91 Å². The van der Waals surface area contributed by atoms with Crippen molar-refractivity contribution >= 4 is 11.9 Å². The molecule has 6 nitrogen and oxygen atoms in total. The first kappa shape index (κ1) is 57.8. The highest BCUT2D eigenvalue weighted by Gasteiger charge is 2.24. The molecule has 1 amide bonds. The van der Waals surface area contributed by atoms with Crippen molar-refractivity contribution in [1.29, 1.82) is 0 Å². The summed E-state index contributed by atoms with van der Waals surface area (Å²) in [5, 5.41) is 23.7. The molecule has 0 saturated heterocycles. The Bertz CT molecular complexity index is 1040. The lowest BCUT2D eigenvalue weighted by Gasteiger charge is -2.24. The van der Waals surface area contributed by atoms with Crippen LogP contribution in [0.1, 0.15) is 258 Å². The van der Waals surface area contributed by atoms with Crippen molar-refractivity contribution in [2.75, 3.05) is 6.61 Å². The van der Waals surface area contributed by atoms with Crippen LogP contribution < -0.4 is 5.32 Å². The van der Waals surface area contributed by atoms with Gasteiger partial charge in [0.15, 0.2) is 0 Å². The van der Waals surface area contributed by atoms with Crippen LogP contribution in [0.2, 0.25) is 0 Å². The van der Waals surface area contributed by atoms with Crippen molar-refractivity contribution < 1.29 is 24.5 Å². The fourth-order valence-electron chi connectivity index (χ4n) is 7.86. The zero-order valence-electron chi connectivity index (χ0n) is 39.8. The molecule has 0 aliphatic carbocycles. The molecule has 0 aromatic rings. The van der Waals surface area contributed by atoms with E-state index in [1.165, 1.54) is 154 Å². The number of rotatable bonds is 46. The second-order valence-corrected chi connectivity index (χ2v) is 17.6. The number of hydrogen-bond donors (Lipinski definition) is 3. The highest BCUT2D eigenvalue weighted by atomic mass is 16.5. The lowest BCUT2D eigenvalue weighted by molar-refractivity contribution is -0.151. The molecule has 3 unspecified atom stereocenters. The number of carbonyl (C=O) groups is 2. The van der Waals surface area contributed by atoms with Gasteiger partial charge in [0.05, 0.1) is 25.2 Å². The first-order valence-corrected chi connectivity index (χ1v) is 25.9. The summed E-state index contributed by atoms with van der Waals surface area (Å²) in [6, 6.07) is -0.720. The van der Waals surface area contributed by atoms with Crippen molar-refractivity contribution in [2.45, 2.75) is 277 Å². The standard InChI is InChI=1S/C54H99NO5/c1-4-7-10-13-16-19-22-24-26-27-28-31-34-37-40-43-46-52(57)51(49-56)55-53(58)48-50(45-42-39-36-33-30-21-18-15-12-9-6-3)60-54(59)47-44-41-38-35-32-29-25-23-20-17-14-11-8-5-2/h9,12,15,18,21,30,33,36,50-52,56-57H,4-8,10-11,13-14,16-17,19-20,22-29,31-32,34-35,37-49H2,1-3H3,(H,55,58)/b12-9+,18-15+,30-21-,36-33-. The number of unbranched alkanes of at least 4 members (excludes halogenated alkanes) is 29. The quantitative estimate of drug-likeness (QED) is 0.0322. The maximum absolute atomic E-state index is 13.2. The largest absolute Gasteiger partial charge is 0.462 e. The number of nitrogens with one attached hydrogen (secondary N) is 1. The third kappa shape index (κ3) is 42.5. The lowest BCUT2D eigenvalue weighted by atomic mass is 10.0. The van der Waals surface area contributed by atoms with Crippen molar-refractivity contribution in [2.24, 2.45) is 0 Å². The maximum Gasteiger partial charge on any atom is 0.306 e. The molecule has 0 aromatic heterocycles. The summed E-state index contributed by atoms with van der Waals surface area (Å²) >= 11 is 0. The Balaban J connectivity index is 4.54. The zero-order chi connectivity index (χ0) is 43.8. The van der Waals surface area contributed by atoms with Crippen LogP contribution in [0.4, 0.5) is 0 Å². The topological polar surface area (TPSA) is 95.9 Å². The fourth-order valence-corrected chi connectivity index (χ4v) is 7.86. The smallest absolute Gasteiger partial charge is 0.306 e. The second kappa shape index (κ2) is 47.9. The summed E-state index contributed by atoms with van der Waals surface area (Å²) in [5.74, 6) is -0.534. The molecule has 0 rings (SSSR count). The van der Waals surface area contributed by atoms with E-state index < -0.39 is 18.2 Å². The van der Waals surface area contributed by atoms with Crippen molar-refractivity contribution in [3.05, 3.63) is 48.6 Å². The Morgan fingerprint density at radius 3 is 1.33 bits per heavy atom. The second-order valence-electron chi connectivity index (χ2n) is 17.6. The Hall–Kier alpha value is -2.18. The molecule has 3 atom stereocenters. The van der Waals surface area contributed by atoms with Crippen LogP contribution in [0.15, 0.2) is 48.6 Å². The SMILES string of the molecule is CC/C=C/C=C/C=C\C=C/CCCC(CC(=O)NC(CO)C(O)CCCCCCCCCCCCCCCCCC)OC(=O)CCCCCCCCCCCCCCCC. The summed E-state index contributed by atoms with van der Waals surface area (Å²) in [6.45, 7) is 6.33. The molecule has 0 radical (unpaired) electrons. The van der Waals surface area contributed by atoms with E-state index in [9.17, 15) is 19.8 Å². The van der Waals surface area contributed by atoms with E-state index in [0.29, 0.717) is 19.3 Å². The number of allylic oxidation sites excluding steroid dienone is 8. The minimum atomic E-state index is -0.803. The van der Waals surface area contributed by atoms with Gasteiger partial charge in [0.25, 0.3) is 0 Å². The van der Waals surface area contributed by atoms with Crippen molar-refractivity contribution in [1.82, 2.24) is 5.32 Å². The van der Waals surface area contributed by atoms with Crippen molar-refractivity contribution in [3.8, 4) is 0 Å². The van der Waals surface area contributed by atoms with E-state index in [1.807, 2.05) is 36.5 Å². The zero-order valence-corrected chi connectivity index (χ0v) is 39.8. The van der Waals surface area contributed by atoms with Crippen molar-refractivity contribution in [3.63, 3.8) is 0 Å². The average Bonchev–Trinajstić information content (AvgIpc) is 3.24. The molecule has 60 heavy (non-hydrogen) atoms. The normalized spacial score (nSPS) is 13.6. The Morgan fingerprint density at radius 1 is 0.500 bits per heavy atom. The molecule has 0 bridgehead atoms. The number of aliphatic hydroxyl groups excluding tert-OH is 2. The molecule has 350 valence electrons. The number of ether oxygens (including phenoxy) is 1. The van der Waals surface area contributed by atoms with Gasteiger partial charge in [0, 0.05) is 6.42 Å². The Labute approximate surface area is 372 Å². The van der Waals surface area contributed by atoms with Crippen LogP contribution >= 0.6 is 0 Å². The molecule has 0 aliphatic heterocycles. The molecule has 0 fully saturated rings. The van der Waals surface area contributed by atoms with Gasteiger partial charge < -0.3 is 20.3 Å². The monoisotopic (exact) mass is 842 g/mol. The van der Waals surface area contributed by atoms with Crippen LogP contribution in [-0.4, -0.2) is 46.9 Å². The number of aliphatic hydroxyl groups is 2. The van der Waals surface area contributed by atoms with Crippen LogP contribution in [-0.2, 0) is 14.3 Å². The molecule has 3 N–H and O–H groups in total. The first-order valence-electron chi connectivity index (χ1n) is 25.9. The van der Waals surface area contributed by atoms with Gasteiger partial charge in [0.1, 0.15) is 6.10 Å². The van der Waals surface area contributed by atoms with Crippen LogP contribution in [0, 0.1) is 0 Å². The molecule has 0 heterocycles. The maximum atomic E-state index is 13.2. The molecule has 0 aliphatic rings. The number of amides is 1. The minimum Gasteiger partial charge on any atom is -0.462 e. The summed E-state index contributed by atoms with van der Waals surface area (Å²) < 4.78 is 5.89. The Kier molecular flexibility index (Phi) is 46.1. The van der Waals surface area contributed by atoms with E-state index >= 15 is 0 Å². The number of carbonyl (C=O) groups excluding carboxylic acids is 2. The predicted octanol–water partition coefficient (Wildman–Crippen LogP) is 15.5. The first-order chi connectivity index (χ1) is 29.5. The molecule has 0 aromatic carbocycles. The van der Waals surface area contributed by atoms with Gasteiger partial charge in [-0.25, -0.2) is 0 Å². The highest BCUT2D eigenvalue weighted by Crippen LogP contribution is 2.18. The third-order valence-electron chi connectivity index (χ3n) is 11.8. The number of hydrogen-bond acceptors (Lipinski definition) is 5. The Morgan fingerprint density at radius 2 is 0.900 bits per heavy atom. The van der Waals surface area contributed by atoms with Gasteiger partial charge in [-0.1, -0.05) is 256 Å². The van der Waals surface area contributed by atoms with Crippen LogP contribution in [0.3, 0.4) is 0 Å². The van der Waals surface area contributed by atoms with E-state index in [-0.39, 0.29) is 24.9 Å². The van der Waals surface area contributed by atoms with Crippen LogP contribution in [0.5, 0.6) is 0 Å². The van der Waals surface area contributed by atoms with Gasteiger partial charge in [-0.05, 0) is 38.5 Å². The van der Waals surface area contributed by atoms with Gasteiger partial charge in [-0.3, -0.25) is 9.59 Å². The molecular weight excluding hydrogens is 743 g/mol. The van der Waals surface area contributed by atoms with Gasteiger partial charge in [-0.2, -0.15) is 0 Å². The lowest BCUT2D eigenvalue weighted by Crippen LogP contribution is -2.46. The van der Waals surface area contributed by atoms with Crippen LogP contribution in [0.25, 0.3) is 0 Å². The molecular formula is C54H99NO5. The fraction of sp³-hybridized carbons (Fsp3) is 0.815. The molecule has 0 saturated carbocycles. The average molecular weight is 842 g/mol. The summed E-state index contributed by atoms with van der Waals surface area (Å²) in [5.41, 5.74) is 0. The van der Waals surface area contributed by atoms with Gasteiger partial charge in [-0.15, -0.1) is 0 Å². The number of esters is 1. The summed E-state index contributed by atoms with van der Waals surface area (Å²) in [6.07, 6.45) is 57.5. The predicted molar refractivity (Wildman–Crippen MR) is 259 cm³/mol. The van der Waals surface area contributed by atoms with E-state index in [2.05, 4.69) is 38.2 Å². The van der Waals surface area contributed by atoms with E-state index in [4.69, 9.17) is 4.74 Å². The van der Waals surface area contributed by atoms with E-state index in [0.717, 1.165) is 57.8 Å². The molecule has 6 heteroatoms. The molecule has 0 spiro atoms. The summed E-state index contributed by atoms with van der Waals surface area (Å²) in [4.78, 5) is 26.1. The van der Waals surface area contributed by atoms with E-state index in [1.54, 1.807) is 0 Å². The summed E-state index contributed by atoms with van der Waals surface area (Å²) in [7, 11) is 0. The van der Waals surface area contributed by atoms with Gasteiger partial charge >= 0.3 is 5.97 Å².